The normalized spacial score (nSPS) is 13.6. The molecule has 0 unspecified atom stereocenters. The summed E-state index contributed by atoms with van der Waals surface area (Å²) in [4.78, 5) is 3.26. The van der Waals surface area contributed by atoms with E-state index in [2.05, 4.69) is 36.2 Å². The molecule has 0 aliphatic heterocycles. The molecule has 1 aromatic carbocycles. The number of aromatic amines is 1. The van der Waals surface area contributed by atoms with Crippen LogP contribution in [0.1, 0.15) is 35.2 Å². The Balaban J connectivity index is 2.35. The van der Waals surface area contributed by atoms with Crippen molar-refractivity contribution in [2.75, 3.05) is 0 Å². The van der Waals surface area contributed by atoms with Gasteiger partial charge in [0.05, 0.1) is 5.56 Å². The standard InChI is InChI=1S/C17H16N2S/c1-11-5-4-6-12(9-11)16-13-7-2-3-8-15(13)19-17(20)14(16)10-18/h4-6,9H,2-3,7-8H2,1H3,(H,19,20). The number of nitrogens with zero attached hydrogens (tertiary/aromatic N) is 1. The number of hydrogen-bond donors (Lipinski definition) is 1. The van der Waals surface area contributed by atoms with E-state index in [9.17, 15) is 5.26 Å². The number of nitriles is 1. The van der Waals surface area contributed by atoms with Gasteiger partial charge in [-0.05, 0) is 43.7 Å². The predicted molar refractivity (Wildman–Crippen MR) is 83.2 cm³/mol. The van der Waals surface area contributed by atoms with Crippen LogP contribution in [0.5, 0.6) is 0 Å². The smallest absolute Gasteiger partial charge is 0.122 e. The summed E-state index contributed by atoms with van der Waals surface area (Å²) in [6.07, 6.45) is 4.43. The molecule has 0 fully saturated rings. The van der Waals surface area contributed by atoms with Crippen molar-refractivity contribution in [1.29, 1.82) is 5.26 Å². The van der Waals surface area contributed by atoms with Gasteiger partial charge in [-0.1, -0.05) is 42.0 Å². The summed E-state index contributed by atoms with van der Waals surface area (Å²) in [5, 5.41) is 9.49. The number of fused-ring (bicyclic) bond motifs is 1. The van der Waals surface area contributed by atoms with Gasteiger partial charge in [0, 0.05) is 11.3 Å². The van der Waals surface area contributed by atoms with Crippen LogP contribution >= 0.6 is 12.2 Å². The first kappa shape index (κ1) is 13.1. The van der Waals surface area contributed by atoms with Gasteiger partial charge >= 0.3 is 0 Å². The lowest BCUT2D eigenvalue weighted by Gasteiger charge is -2.21. The van der Waals surface area contributed by atoms with E-state index in [1.807, 2.05) is 6.07 Å². The third kappa shape index (κ3) is 2.17. The molecule has 3 rings (SSSR count). The molecule has 0 bridgehead atoms. The third-order valence-corrected chi connectivity index (χ3v) is 4.24. The Kier molecular flexibility index (Phi) is 3.42. The molecule has 1 N–H and O–H groups in total. The van der Waals surface area contributed by atoms with Crippen molar-refractivity contribution in [2.24, 2.45) is 0 Å². The van der Waals surface area contributed by atoms with E-state index in [0.717, 1.165) is 24.0 Å². The molecule has 2 nitrogen and oxygen atoms in total. The van der Waals surface area contributed by atoms with Crippen molar-refractivity contribution in [3.63, 3.8) is 0 Å². The Morgan fingerprint density at radius 1 is 1.25 bits per heavy atom. The molecule has 0 saturated heterocycles. The van der Waals surface area contributed by atoms with Crippen LogP contribution in [0.15, 0.2) is 24.3 Å². The van der Waals surface area contributed by atoms with E-state index in [-0.39, 0.29) is 0 Å². The van der Waals surface area contributed by atoms with Crippen molar-refractivity contribution in [3.05, 3.63) is 51.3 Å². The van der Waals surface area contributed by atoms with E-state index < -0.39 is 0 Å². The Bertz CT molecular complexity index is 766. The Morgan fingerprint density at radius 2 is 2.05 bits per heavy atom. The van der Waals surface area contributed by atoms with Crippen molar-refractivity contribution in [3.8, 4) is 17.2 Å². The quantitative estimate of drug-likeness (QED) is 0.783. The fourth-order valence-corrected chi connectivity index (χ4v) is 3.28. The number of H-pyrrole nitrogens is 1. The maximum Gasteiger partial charge on any atom is 0.122 e. The third-order valence-electron chi connectivity index (χ3n) is 3.93. The number of nitrogens with one attached hydrogen (secondary N) is 1. The molecule has 0 atom stereocenters. The lowest BCUT2D eigenvalue weighted by atomic mass is 9.87. The summed E-state index contributed by atoms with van der Waals surface area (Å²) in [7, 11) is 0. The molecule has 3 heteroatoms. The first-order valence-electron chi connectivity index (χ1n) is 6.96. The van der Waals surface area contributed by atoms with Gasteiger partial charge in [0.15, 0.2) is 0 Å². The number of benzene rings is 1. The molecular weight excluding hydrogens is 264 g/mol. The highest BCUT2D eigenvalue weighted by atomic mass is 32.1. The molecule has 20 heavy (non-hydrogen) atoms. The van der Waals surface area contributed by atoms with E-state index in [1.54, 1.807) is 0 Å². The van der Waals surface area contributed by atoms with Gasteiger partial charge in [-0.3, -0.25) is 0 Å². The average Bonchev–Trinajstić information content (AvgIpc) is 2.45. The largest absolute Gasteiger partial charge is 0.349 e. The summed E-state index contributed by atoms with van der Waals surface area (Å²) in [5.41, 5.74) is 6.49. The van der Waals surface area contributed by atoms with Crippen LogP contribution in [-0.4, -0.2) is 4.98 Å². The minimum absolute atomic E-state index is 0.574. The van der Waals surface area contributed by atoms with E-state index >= 15 is 0 Å². The fourth-order valence-electron chi connectivity index (χ4n) is 3.01. The number of rotatable bonds is 1. The highest BCUT2D eigenvalue weighted by Crippen LogP contribution is 2.34. The molecule has 100 valence electrons. The Hall–Kier alpha value is -1.92. The zero-order chi connectivity index (χ0) is 14.1. The zero-order valence-corrected chi connectivity index (χ0v) is 12.3. The van der Waals surface area contributed by atoms with Crippen molar-refractivity contribution < 1.29 is 0 Å². The predicted octanol–water partition coefficient (Wildman–Crippen LogP) is 4.47. The molecular formula is C17H16N2S. The molecule has 0 saturated carbocycles. The summed E-state index contributed by atoms with van der Waals surface area (Å²) in [6.45, 7) is 2.08. The molecule has 1 heterocycles. The van der Waals surface area contributed by atoms with Crippen LogP contribution < -0.4 is 0 Å². The zero-order valence-electron chi connectivity index (χ0n) is 11.5. The molecule has 0 spiro atoms. The van der Waals surface area contributed by atoms with Crippen molar-refractivity contribution in [2.45, 2.75) is 32.6 Å². The first-order chi connectivity index (χ1) is 9.70. The number of hydrogen-bond acceptors (Lipinski definition) is 2. The summed E-state index contributed by atoms with van der Waals surface area (Å²) >= 11 is 5.38. The molecule has 0 amide bonds. The van der Waals surface area contributed by atoms with Gasteiger partial charge in [0.1, 0.15) is 10.7 Å². The fraction of sp³-hybridized carbons (Fsp3) is 0.294. The van der Waals surface area contributed by atoms with Gasteiger partial charge in [-0.2, -0.15) is 5.26 Å². The van der Waals surface area contributed by atoms with Gasteiger partial charge in [0.2, 0.25) is 0 Å². The van der Waals surface area contributed by atoms with Crippen LogP contribution in [0.4, 0.5) is 0 Å². The molecule has 0 radical (unpaired) electrons. The number of pyridine rings is 1. The van der Waals surface area contributed by atoms with E-state index in [4.69, 9.17) is 12.2 Å². The topological polar surface area (TPSA) is 39.6 Å². The molecule has 2 aromatic rings. The SMILES string of the molecule is Cc1cccc(-c2c3c([nH]c(=S)c2C#N)CCCC3)c1. The summed E-state index contributed by atoms with van der Waals surface area (Å²) in [5.74, 6) is 0. The minimum Gasteiger partial charge on any atom is -0.349 e. The van der Waals surface area contributed by atoms with Crippen LogP contribution in [0.25, 0.3) is 11.1 Å². The molecule has 1 aliphatic rings. The summed E-state index contributed by atoms with van der Waals surface area (Å²) in [6, 6.07) is 10.6. The minimum atomic E-state index is 0.574. The van der Waals surface area contributed by atoms with E-state index in [1.165, 1.54) is 29.7 Å². The molecule has 1 aliphatic carbocycles. The average molecular weight is 280 g/mol. The number of aromatic nitrogens is 1. The van der Waals surface area contributed by atoms with Gasteiger partial charge in [-0.25, -0.2) is 0 Å². The van der Waals surface area contributed by atoms with E-state index in [0.29, 0.717) is 10.2 Å². The Labute approximate surface area is 124 Å². The highest BCUT2D eigenvalue weighted by Gasteiger charge is 2.19. The second kappa shape index (κ2) is 5.22. The van der Waals surface area contributed by atoms with Crippen molar-refractivity contribution in [1.82, 2.24) is 4.98 Å². The molecule has 1 aromatic heterocycles. The monoisotopic (exact) mass is 280 g/mol. The van der Waals surface area contributed by atoms with Crippen LogP contribution in [0.3, 0.4) is 0 Å². The van der Waals surface area contributed by atoms with Gasteiger partial charge in [0.25, 0.3) is 0 Å². The van der Waals surface area contributed by atoms with Gasteiger partial charge < -0.3 is 4.98 Å². The lowest BCUT2D eigenvalue weighted by molar-refractivity contribution is 0.668. The lowest BCUT2D eigenvalue weighted by Crippen LogP contribution is -2.09. The Morgan fingerprint density at radius 3 is 2.80 bits per heavy atom. The van der Waals surface area contributed by atoms with Gasteiger partial charge in [-0.15, -0.1) is 0 Å². The van der Waals surface area contributed by atoms with Crippen LogP contribution in [0.2, 0.25) is 0 Å². The second-order valence-corrected chi connectivity index (χ2v) is 5.76. The van der Waals surface area contributed by atoms with Crippen molar-refractivity contribution >= 4 is 12.2 Å². The highest BCUT2D eigenvalue weighted by molar-refractivity contribution is 7.71. The maximum atomic E-state index is 9.49. The van der Waals surface area contributed by atoms with Crippen LogP contribution in [-0.2, 0) is 12.8 Å². The number of aryl methyl sites for hydroxylation is 2. The maximum absolute atomic E-state index is 9.49. The second-order valence-electron chi connectivity index (χ2n) is 5.35. The summed E-state index contributed by atoms with van der Waals surface area (Å²) < 4.78 is 0.574. The first-order valence-corrected chi connectivity index (χ1v) is 7.36. The van der Waals surface area contributed by atoms with Crippen LogP contribution in [0, 0.1) is 22.9 Å².